The van der Waals surface area contributed by atoms with E-state index < -0.39 is 0 Å². The quantitative estimate of drug-likeness (QED) is 0.450. The summed E-state index contributed by atoms with van der Waals surface area (Å²) >= 11 is 0. The third-order valence-electron chi connectivity index (χ3n) is 5.09. The van der Waals surface area contributed by atoms with Crippen LogP contribution in [0.15, 0.2) is 0 Å². The minimum absolute atomic E-state index is 0.965. The lowest BCUT2D eigenvalue weighted by Gasteiger charge is -2.22. The standard InChI is InChI=1S/C17H32B/c1-2-4-8-12-16-14-10-6-7-11-15-17(18-16)13-9-5-3-1/h16-17H,1-15H2. The van der Waals surface area contributed by atoms with Gasteiger partial charge in [0.05, 0.1) is 0 Å². The Morgan fingerprint density at radius 1 is 0.389 bits per heavy atom. The van der Waals surface area contributed by atoms with Crippen LogP contribution in [0.3, 0.4) is 0 Å². The van der Waals surface area contributed by atoms with Gasteiger partial charge in [-0.05, 0) is 0 Å². The Morgan fingerprint density at radius 3 is 1.00 bits per heavy atom. The average molecular weight is 247 g/mol. The molecule has 1 heteroatoms. The molecule has 2 aliphatic heterocycles. The van der Waals surface area contributed by atoms with Crippen LogP contribution in [0.25, 0.3) is 0 Å². The molecule has 2 fully saturated rings. The molecule has 0 aromatic heterocycles. The summed E-state index contributed by atoms with van der Waals surface area (Å²) in [6, 6.07) is 0. The van der Waals surface area contributed by atoms with Crippen molar-refractivity contribution >= 4 is 7.28 Å². The maximum absolute atomic E-state index is 2.80. The van der Waals surface area contributed by atoms with Gasteiger partial charge in [-0.15, -0.1) is 0 Å². The summed E-state index contributed by atoms with van der Waals surface area (Å²) in [5.74, 6) is 1.93. The third kappa shape index (κ3) is 5.80. The lowest BCUT2D eigenvalue weighted by Crippen LogP contribution is -2.12. The summed E-state index contributed by atoms with van der Waals surface area (Å²) in [5, 5.41) is 0. The number of hydrogen-bond donors (Lipinski definition) is 0. The van der Waals surface area contributed by atoms with Crippen LogP contribution in [0.1, 0.15) is 96.3 Å². The molecular weight excluding hydrogens is 215 g/mol. The van der Waals surface area contributed by atoms with Crippen molar-refractivity contribution in [3.8, 4) is 0 Å². The first kappa shape index (κ1) is 14.5. The minimum atomic E-state index is 0.965. The van der Waals surface area contributed by atoms with E-state index in [4.69, 9.17) is 0 Å². The first-order chi connectivity index (χ1) is 8.95. The average Bonchev–Trinajstić information content (AvgIpc) is 2.47. The van der Waals surface area contributed by atoms with E-state index in [-0.39, 0.29) is 0 Å². The molecule has 103 valence electrons. The molecule has 0 aromatic carbocycles. The molecular formula is C17H32B. The molecule has 0 N–H and O–H groups in total. The van der Waals surface area contributed by atoms with Crippen LogP contribution in [0, 0.1) is 0 Å². The molecule has 0 aliphatic carbocycles. The second kappa shape index (κ2) is 9.05. The highest BCUT2D eigenvalue weighted by molar-refractivity contribution is 6.39. The molecule has 2 heterocycles. The predicted octanol–water partition coefficient (Wildman–Crippen LogP) is 6.15. The fourth-order valence-electron chi connectivity index (χ4n) is 3.92. The summed E-state index contributed by atoms with van der Waals surface area (Å²) in [6.45, 7) is 0. The maximum Gasteiger partial charge on any atom is 0.117 e. The monoisotopic (exact) mass is 247 g/mol. The van der Waals surface area contributed by atoms with Crippen molar-refractivity contribution in [3.63, 3.8) is 0 Å². The largest absolute Gasteiger partial charge is 0.117 e. The molecule has 0 nitrogen and oxygen atoms in total. The summed E-state index contributed by atoms with van der Waals surface area (Å²) < 4.78 is 0. The molecule has 2 saturated heterocycles. The van der Waals surface area contributed by atoms with E-state index >= 15 is 0 Å². The van der Waals surface area contributed by atoms with Crippen LogP contribution in [0.4, 0.5) is 0 Å². The van der Waals surface area contributed by atoms with Gasteiger partial charge in [0, 0.05) is 0 Å². The van der Waals surface area contributed by atoms with Crippen molar-refractivity contribution < 1.29 is 0 Å². The third-order valence-corrected chi connectivity index (χ3v) is 5.09. The van der Waals surface area contributed by atoms with Crippen molar-refractivity contribution in [1.82, 2.24) is 0 Å². The molecule has 2 aliphatic rings. The van der Waals surface area contributed by atoms with Crippen LogP contribution >= 0.6 is 0 Å². The lowest BCUT2D eigenvalue weighted by molar-refractivity contribution is 0.518. The zero-order valence-electron chi connectivity index (χ0n) is 12.3. The maximum atomic E-state index is 2.80. The molecule has 2 unspecified atom stereocenters. The van der Waals surface area contributed by atoms with E-state index in [1.165, 1.54) is 96.3 Å². The zero-order chi connectivity index (χ0) is 12.5. The number of fused-ring (bicyclic) bond motifs is 2. The summed E-state index contributed by atoms with van der Waals surface area (Å²) in [5.41, 5.74) is 0. The van der Waals surface area contributed by atoms with E-state index in [1.54, 1.807) is 0 Å². The van der Waals surface area contributed by atoms with E-state index in [9.17, 15) is 0 Å². The van der Waals surface area contributed by atoms with Crippen LogP contribution < -0.4 is 0 Å². The highest BCUT2D eigenvalue weighted by atomic mass is 14.1. The summed E-state index contributed by atoms with van der Waals surface area (Å²) in [6.07, 6.45) is 22.4. The Kier molecular flexibility index (Phi) is 7.27. The van der Waals surface area contributed by atoms with Crippen molar-refractivity contribution in [2.24, 2.45) is 0 Å². The first-order valence-electron chi connectivity index (χ1n) is 8.80. The molecule has 0 amide bonds. The van der Waals surface area contributed by atoms with Crippen LogP contribution in [-0.4, -0.2) is 7.28 Å². The Balaban J connectivity index is 1.86. The number of hydrogen-bond acceptors (Lipinski definition) is 0. The van der Waals surface area contributed by atoms with Crippen molar-refractivity contribution in [2.45, 2.75) is 108 Å². The van der Waals surface area contributed by atoms with E-state index in [0.717, 1.165) is 11.6 Å². The van der Waals surface area contributed by atoms with E-state index in [2.05, 4.69) is 7.28 Å². The molecule has 0 aromatic rings. The second-order valence-electron chi connectivity index (χ2n) is 6.76. The Hall–Kier alpha value is 0.0649. The SMILES string of the molecule is [B]1C2CCCCCCCCCC1CCCCCC2. The molecule has 2 rings (SSSR count). The van der Waals surface area contributed by atoms with Gasteiger partial charge < -0.3 is 0 Å². The van der Waals surface area contributed by atoms with E-state index in [0.29, 0.717) is 0 Å². The number of rotatable bonds is 0. The zero-order valence-corrected chi connectivity index (χ0v) is 12.3. The normalized spacial score (nSPS) is 32.9. The van der Waals surface area contributed by atoms with Gasteiger partial charge in [-0.1, -0.05) is 108 Å². The van der Waals surface area contributed by atoms with Gasteiger partial charge in [-0.2, -0.15) is 0 Å². The Bertz CT molecular complexity index is 182. The Morgan fingerprint density at radius 2 is 0.667 bits per heavy atom. The van der Waals surface area contributed by atoms with Crippen LogP contribution in [0.5, 0.6) is 0 Å². The molecule has 1 radical (unpaired) electrons. The lowest BCUT2D eigenvalue weighted by atomic mass is 9.50. The minimum Gasteiger partial charge on any atom is -0.0686 e. The highest BCUT2D eigenvalue weighted by Crippen LogP contribution is 2.34. The van der Waals surface area contributed by atoms with Crippen LogP contribution in [-0.2, 0) is 0 Å². The predicted molar refractivity (Wildman–Crippen MR) is 82.5 cm³/mol. The molecule has 0 saturated carbocycles. The highest BCUT2D eigenvalue weighted by Gasteiger charge is 2.19. The van der Waals surface area contributed by atoms with Gasteiger partial charge in [0.25, 0.3) is 0 Å². The van der Waals surface area contributed by atoms with Gasteiger partial charge in [0.15, 0.2) is 0 Å². The molecule has 2 atom stereocenters. The molecule has 2 bridgehead atoms. The molecule has 18 heavy (non-hydrogen) atoms. The fourth-order valence-corrected chi connectivity index (χ4v) is 3.92. The van der Waals surface area contributed by atoms with Crippen LogP contribution in [0.2, 0.25) is 11.6 Å². The smallest absolute Gasteiger partial charge is 0.0686 e. The second-order valence-corrected chi connectivity index (χ2v) is 6.76. The first-order valence-corrected chi connectivity index (χ1v) is 8.80. The Labute approximate surface area is 116 Å². The molecule has 0 spiro atoms. The summed E-state index contributed by atoms with van der Waals surface area (Å²) in [7, 11) is 2.80. The van der Waals surface area contributed by atoms with Crippen molar-refractivity contribution in [2.75, 3.05) is 0 Å². The fraction of sp³-hybridized carbons (Fsp3) is 1.00. The van der Waals surface area contributed by atoms with Crippen molar-refractivity contribution in [3.05, 3.63) is 0 Å². The van der Waals surface area contributed by atoms with Gasteiger partial charge >= 0.3 is 0 Å². The van der Waals surface area contributed by atoms with Gasteiger partial charge in [0.2, 0.25) is 0 Å². The van der Waals surface area contributed by atoms with Gasteiger partial charge in [-0.3, -0.25) is 0 Å². The van der Waals surface area contributed by atoms with E-state index in [1.807, 2.05) is 0 Å². The van der Waals surface area contributed by atoms with Gasteiger partial charge in [0.1, 0.15) is 7.28 Å². The summed E-state index contributed by atoms with van der Waals surface area (Å²) in [4.78, 5) is 0. The topological polar surface area (TPSA) is 0 Å². The van der Waals surface area contributed by atoms with Crippen molar-refractivity contribution in [1.29, 1.82) is 0 Å². The van der Waals surface area contributed by atoms with Gasteiger partial charge in [-0.25, -0.2) is 0 Å².